The zero-order valence-corrected chi connectivity index (χ0v) is 37.1. The molecule has 0 heterocycles. The van der Waals surface area contributed by atoms with E-state index in [0.29, 0.717) is 6.42 Å². The van der Waals surface area contributed by atoms with Gasteiger partial charge in [-0.25, -0.2) is 4.57 Å². The lowest BCUT2D eigenvalue weighted by molar-refractivity contribution is -0.161. The number of hydrogen-bond donors (Lipinski definition) is 6. The summed E-state index contributed by atoms with van der Waals surface area (Å²) in [4.78, 5) is 35.0. The Morgan fingerprint density at radius 3 is 1.80 bits per heavy atom. The first-order valence-electron chi connectivity index (χ1n) is 21.9. The van der Waals surface area contributed by atoms with Crippen LogP contribution in [0.1, 0.15) is 136 Å². The average molecular weight is 869 g/mol. The average Bonchev–Trinajstić information content (AvgIpc) is 3.22. The van der Waals surface area contributed by atoms with Crippen LogP contribution in [-0.4, -0.2) is 99.3 Å². The van der Waals surface area contributed by atoms with Crippen LogP contribution < -0.4 is 0 Å². The van der Waals surface area contributed by atoms with Crippen molar-refractivity contribution >= 4 is 19.8 Å². The molecule has 0 aromatic rings. The van der Waals surface area contributed by atoms with E-state index in [9.17, 15) is 39.5 Å². The minimum absolute atomic E-state index is 0.0591. The van der Waals surface area contributed by atoms with Crippen molar-refractivity contribution in [3.05, 3.63) is 85.1 Å². The Morgan fingerprint density at radius 1 is 0.600 bits per heavy atom. The number of aliphatic hydroxyl groups excluding tert-OH is 5. The van der Waals surface area contributed by atoms with Gasteiger partial charge in [0.25, 0.3) is 0 Å². The Kier molecular flexibility index (Phi) is 38.1. The molecule has 0 aliphatic heterocycles. The van der Waals surface area contributed by atoms with Crippen LogP contribution in [0.2, 0.25) is 0 Å². The van der Waals surface area contributed by atoms with E-state index >= 15 is 0 Å². The number of phosphoric ester groups is 1. The van der Waals surface area contributed by atoms with Crippen molar-refractivity contribution in [2.75, 3.05) is 26.4 Å². The topological polar surface area (TPSA) is 210 Å². The molecule has 1 unspecified atom stereocenters. The first-order valence-corrected chi connectivity index (χ1v) is 23.4. The molecule has 0 amide bonds. The summed E-state index contributed by atoms with van der Waals surface area (Å²) in [5.41, 5.74) is 0. The van der Waals surface area contributed by atoms with Crippen LogP contribution in [0.5, 0.6) is 0 Å². The SMILES string of the molecule is CCCCC/C=C\C/C=C\C/C=C\CCCCCCC(=O)OC[C@H](COP(=O)(O)OC[C@@H](O)CO)OC(=O)CCC[C@H](O)[C@@H](O)/C=C/C=C/C=C\C=C\[C@@H](O)CCCCC. The summed E-state index contributed by atoms with van der Waals surface area (Å²) in [5, 5.41) is 48.8. The molecule has 0 spiro atoms. The van der Waals surface area contributed by atoms with E-state index in [1.54, 1.807) is 42.5 Å². The fourth-order valence-corrected chi connectivity index (χ4v) is 6.11. The van der Waals surface area contributed by atoms with Crippen LogP contribution in [0.25, 0.3) is 0 Å². The lowest BCUT2D eigenvalue weighted by atomic mass is 10.1. The van der Waals surface area contributed by atoms with Gasteiger partial charge in [0.15, 0.2) is 6.10 Å². The summed E-state index contributed by atoms with van der Waals surface area (Å²) in [7, 11) is -4.73. The summed E-state index contributed by atoms with van der Waals surface area (Å²) in [6, 6.07) is 0. The Morgan fingerprint density at radius 2 is 1.15 bits per heavy atom. The van der Waals surface area contributed by atoms with Gasteiger partial charge in [0.2, 0.25) is 0 Å². The van der Waals surface area contributed by atoms with Gasteiger partial charge in [0, 0.05) is 12.8 Å². The molecule has 0 fully saturated rings. The van der Waals surface area contributed by atoms with Gasteiger partial charge in [0.1, 0.15) is 12.7 Å². The maximum atomic E-state index is 12.6. The van der Waals surface area contributed by atoms with Gasteiger partial charge in [-0.05, 0) is 64.2 Å². The van der Waals surface area contributed by atoms with E-state index in [4.69, 9.17) is 19.1 Å². The third-order valence-electron chi connectivity index (χ3n) is 8.89. The maximum absolute atomic E-state index is 12.6. The van der Waals surface area contributed by atoms with Crippen molar-refractivity contribution in [1.29, 1.82) is 0 Å². The van der Waals surface area contributed by atoms with E-state index in [0.717, 1.165) is 70.6 Å². The molecule has 6 N–H and O–H groups in total. The number of unbranched alkanes of at least 4 members (excludes halogenated alkanes) is 9. The molecule has 0 aliphatic rings. The zero-order valence-electron chi connectivity index (χ0n) is 36.2. The van der Waals surface area contributed by atoms with Crippen LogP contribution in [0, 0.1) is 0 Å². The van der Waals surface area contributed by atoms with Crippen LogP contribution in [0.4, 0.5) is 0 Å². The number of ether oxygens (including phenoxy) is 2. The Hall–Kier alpha value is -2.97. The van der Waals surface area contributed by atoms with Gasteiger partial charge in [-0.1, -0.05) is 144 Å². The smallest absolute Gasteiger partial charge is 0.462 e. The number of allylic oxidation sites excluding steroid dienone is 12. The Bertz CT molecular complexity index is 1320. The van der Waals surface area contributed by atoms with Gasteiger partial charge in [0.05, 0.1) is 38.1 Å². The van der Waals surface area contributed by atoms with Crippen LogP contribution >= 0.6 is 7.82 Å². The summed E-state index contributed by atoms with van der Waals surface area (Å²) < 4.78 is 32.4. The molecule has 60 heavy (non-hydrogen) atoms. The van der Waals surface area contributed by atoms with Gasteiger partial charge >= 0.3 is 19.8 Å². The Labute approximate surface area is 359 Å². The van der Waals surface area contributed by atoms with Crippen molar-refractivity contribution in [3.63, 3.8) is 0 Å². The summed E-state index contributed by atoms with van der Waals surface area (Å²) in [5.74, 6) is -1.29. The van der Waals surface area contributed by atoms with Crippen LogP contribution in [-0.2, 0) is 32.7 Å². The highest BCUT2D eigenvalue weighted by Crippen LogP contribution is 2.43. The Balaban J connectivity index is 4.69. The summed E-state index contributed by atoms with van der Waals surface area (Å²) in [6.07, 6.45) is 36.2. The second-order valence-corrected chi connectivity index (χ2v) is 16.0. The lowest BCUT2D eigenvalue weighted by Gasteiger charge is -2.20. The van der Waals surface area contributed by atoms with E-state index < -0.39 is 76.7 Å². The summed E-state index contributed by atoms with van der Waals surface area (Å²) >= 11 is 0. The number of phosphoric acid groups is 1. The first kappa shape index (κ1) is 57.0. The highest BCUT2D eigenvalue weighted by Gasteiger charge is 2.27. The summed E-state index contributed by atoms with van der Waals surface area (Å²) in [6.45, 7) is 1.80. The minimum atomic E-state index is -4.73. The fraction of sp³-hybridized carbons (Fsp3) is 0.652. The van der Waals surface area contributed by atoms with Crippen molar-refractivity contribution in [1.82, 2.24) is 0 Å². The lowest BCUT2D eigenvalue weighted by Crippen LogP contribution is -2.30. The second kappa shape index (κ2) is 40.1. The number of aliphatic hydroxyl groups is 5. The highest BCUT2D eigenvalue weighted by molar-refractivity contribution is 7.47. The molecule has 6 atom stereocenters. The quantitative estimate of drug-likeness (QED) is 0.0113. The van der Waals surface area contributed by atoms with Crippen molar-refractivity contribution in [3.8, 4) is 0 Å². The maximum Gasteiger partial charge on any atom is 0.472 e. The molecule has 0 aromatic heterocycles. The first-order chi connectivity index (χ1) is 28.9. The van der Waals surface area contributed by atoms with E-state index in [2.05, 4.69) is 54.8 Å². The van der Waals surface area contributed by atoms with Crippen LogP contribution in [0.3, 0.4) is 0 Å². The standard InChI is InChI=1S/C46H77O13P/c1-3-5-7-8-9-10-11-12-13-14-15-16-17-18-19-24-28-34-45(52)56-38-42(39-58-60(54,55)57-37-41(49)36-47)59-46(53)35-29-33-44(51)43(50)32-27-23-21-20-22-26-31-40(48)30-25-6-4-2/h9-10,12-13,15-16,20-23,26-27,31-32,40-44,47-51H,3-8,11,14,17-19,24-25,28-30,33-39H2,1-2H3,(H,54,55)/b10-9-,13-12-,16-15-,22-20-,23-21+,31-26+,32-27+/t40-,41-,42+,43-,44-/m0/s1. The van der Waals surface area contributed by atoms with Crippen molar-refractivity contribution in [2.45, 2.75) is 166 Å². The van der Waals surface area contributed by atoms with Gasteiger partial charge in [-0.2, -0.15) is 0 Å². The van der Waals surface area contributed by atoms with Gasteiger partial charge < -0.3 is 39.9 Å². The monoisotopic (exact) mass is 869 g/mol. The molecule has 14 heteroatoms. The van der Waals surface area contributed by atoms with Crippen molar-refractivity contribution < 1.29 is 63.1 Å². The molecule has 0 aromatic carbocycles. The normalized spacial score (nSPS) is 16.2. The second-order valence-electron chi connectivity index (χ2n) is 14.6. The van der Waals surface area contributed by atoms with Gasteiger partial charge in [-0.15, -0.1) is 0 Å². The van der Waals surface area contributed by atoms with Crippen molar-refractivity contribution in [2.24, 2.45) is 0 Å². The number of carbonyl (C=O) groups excluding carboxylic acids is 2. The third kappa shape index (κ3) is 38.0. The van der Waals surface area contributed by atoms with E-state index in [-0.39, 0.29) is 25.7 Å². The van der Waals surface area contributed by atoms with Gasteiger partial charge in [-0.3, -0.25) is 18.6 Å². The predicted molar refractivity (Wildman–Crippen MR) is 237 cm³/mol. The van der Waals surface area contributed by atoms with Crippen LogP contribution in [0.15, 0.2) is 85.1 Å². The molecule has 0 rings (SSSR count). The molecule has 13 nitrogen and oxygen atoms in total. The molecule has 344 valence electrons. The molecule has 0 saturated carbocycles. The number of hydrogen-bond acceptors (Lipinski definition) is 12. The molecule has 0 bridgehead atoms. The van der Waals surface area contributed by atoms with E-state index in [1.165, 1.54) is 25.3 Å². The minimum Gasteiger partial charge on any atom is -0.462 e. The predicted octanol–water partition coefficient (Wildman–Crippen LogP) is 8.36. The highest BCUT2D eigenvalue weighted by atomic mass is 31.2. The molecule has 0 aliphatic carbocycles. The fourth-order valence-electron chi connectivity index (χ4n) is 5.32. The number of carbonyl (C=O) groups is 2. The largest absolute Gasteiger partial charge is 0.472 e. The number of rotatable bonds is 39. The van der Waals surface area contributed by atoms with E-state index in [1.807, 2.05) is 0 Å². The zero-order chi connectivity index (χ0) is 44.5. The number of esters is 2. The molecular weight excluding hydrogens is 791 g/mol. The molecular formula is C46H77O13P. The third-order valence-corrected chi connectivity index (χ3v) is 9.84. The molecule has 0 saturated heterocycles. The molecule has 0 radical (unpaired) electrons.